The van der Waals surface area contributed by atoms with E-state index in [1.807, 2.05) is 11.9 Å². The molecule has 2 saturated carbocycles. The molecule has 2 bridgehead atoms. The fourth-order valence-electron chi connectivity index (χ4n) is 4.28. The normalized spacial score (nSPS) is 37.8. The van der Waals surface area contributed by atoms with Crippen molar-refractivity contribution in [1.29, 1.82) is 0 Å². The number of likely N-dealkylation sites (N-methyl/N-ethyl adjacent to an activating group) is 1. The predicted octanol–water partition coefficient (Wildman–Crippen LogP) is 1.26. The van der Waals surface area contributed by atoms with Gasteiger partial charge in [0.2, 0.25) is 5.91 Å². The summed E-state index contributed by atoms with van der Waals surface area (Å²) in [4.78, 5) is 14.5. The van der Waals surface area contributed by atoms with Gasteiger partial charge in [0.05, 0.1) is 12.7 Å². The lowest BCUT2D eigenvalue weighted by Crippen LogP contribution is -2.49. The first-order chi connectivity index (χ1) is 9.26. The lowest BCUT2D eigenvalue weighted by Gasteiger charge is -2.34. The number of rotatable bonds is 4. The van der Waals surface area contributed by atoms with Gasteiger partial charge in [0.15, 0.2) is 0 Å². The molecule has 4 atom stereocenters. The van der Waals surface area contributed by atoms with Crippen LogP contribution in [0.25, 0.3) is 0 Å². The molecule has 1 N–H and O–H groups in total. The van der Waals surface area contributed by atoms with Crippen LogP contribution < -0.4 is 5.32 Å². The van der Waals surface area contributed by atoms with Gasteiger partial charge in [0.25, 0.3) is 0 Å². The van der Waals surface area contributed by atoms with Gasteiger partial charge in [-0.1, -0.05) is 6.42 Å². The Morgan fingerprint density at radius 3 is 2.95 bits per heavy atom. The number of nitrogens with zero attached hydrogens (tertiary/aromatic N) is 1. The summed E-state index contributed by atoms with van der Waals surface area (Å²) in [5.41, 5.74) is 0. The van der Waals surface area contributed by atoms with Crippen LogP contribution >= 0.6 is 0 Å². The number of nitrogens with one attached hydrogen (secondary N) is 1. The maximum absolute atomic E-state index is 12.4. The Hall–Kier alpha value is -0.610. The van der Waals surface area contributed by atoms with Crippen molar-refractivity contribution in [2.24, 2.45) is 17.8 Å². The summed E-state index contributed by atoms with van der Waals surface area (Å²) in [5, 5.41) is 3.13. The molecule has 3 fully saturated rings. The van der Waals surface area contributed by atoms with Crippen molar-refractivity contribution in [2.75, 3.05) is 33.3 Å². The van der Waals surface area contributed by atoms with Crippen LogP contribution in [0.1, 0.15) is 32.1 Å². The van der Waals surface area contributed by atoms with Crippen molar-refractivity contribution < 1.29 is 9.53 Å². The molecule has 0 radical (unpaired) electrons. The molecule has 1 amide bonds. The standard InChI is InChI=1S/C15H26N2O2/c1-16-9-14-10-17(4-5-19-14)15(18)8-13-7-11-2-3-12(13)6-11/h11-14,16H,2-10H2,1H3. The third-order valence-corrected chi connectivity index (χ3v) is 5.24. The van der Waals surface area contributed by atoms with E-state index in [4.69, 9.17) is 4.74 Å². The average Bonchev–Trinajstić information content (AvgIpc) is 3.02. The molecule has 3 rings (SSSR count). The summed E-state index contributed by atoms with van der Waals surface area (Å²) in [5.74, 6) is 2.83. The van der Waals surface area contributed by atoms with E-state index in [2.05, 4.69) is 5.32 Å². The zero-order chi connectivity index (χ0) is 13.2. The molecular formula is C15H26N2O2. The SMILES string of the molecule is CNCC1CN(C(=O)CC2CC3CCC2C3)CCO1. The monoisotopic (exact) mass is 266 g/mol. The van der Waals surface area contributed by atoms with Crippen LogP contribution in [0.2, 0.25) is 0 Å². The Labute approximate surface area is 115 Å². The number of hydrogen-bond donors (Lipinski definition) is 1. The minimum absolute atomic E-state index is 0.169. The first-order valence-electron chi connectivity index (χ1n) is 7.80. The molecule has 1 heterocycles. The molecular weight excluding hydrogens is 240 g/mol. The third-order valence-electron chi connectivity index (χ3n) is 5.24. The van der Waals surface area contributed by atoms with Crippen LogP contribution in [0.3, 0.4) is 0 Å². The molecule has 4 nitrogen and oxygen atoms in total. The van der Waals surface area contributed by atoms with Crippen LogP contribution in [0.4, 0.5) is 0 Å². The Balaban J connectivity index is 1.49. The molecule has 1 aliphatic heterocycles. The van der Waals surface area contributed by atoms with Crippen molar-refractivity contribution in [3.63, 3.8) is 0 Å². The summed E-state index contributed by atoms with van der Waals surface area (Å²) in [6.45, 7) is 3.06. The average molecular weight is 266 g/mol. The lowest BCUT2D eigenvalue weighted by molar-refractivity contribution is -0.140. The van der Waals surface area contributed by atoms with Gasteiger partial charge < -0.3 is 15.0 Å². The van der Waals surface area contributed by atoms with Crippen molar-refractivity contribution >= 4 is 5.91 Å². The Bertz CT molecular complexity index is 332. The maximum atomic E-state index is 12.4. The molecule has 0 aromatic heterocycles. The number of fused-ring (bicyclic) bond motifs is 2. The number of ether oxygens (including phenoxy) is 1. The lowest BCUT2D eigenvalue weighted by atomic mass is 9.86. The zero-order valence-electron chi connectivity index (χ0n) is 11.9. The molecule has 108 valence electrons. The second kappa shape index (κ2) is 5.80. The maximum Gasteiger partial charge on any atom is 0.223 e. The van der Waals surface area contributed by atoms with Gasteiger partial charge in [-0.15, -0.1) is 0 Å². The molecule has 3 aliphatic rings. The second-order valence-electron chi connectivity index (χ2n) is 6.53. The van der Waals surface area contributed by atoms with Gasteiger partial charge in [0.1, 0.15) is 0 Å². The number of carbonyl (C=O) groups excluding carboxylic acids is 1. The van der Waals surface area contributed by atoms with Gasteiger partial charge >= 0.3 is 0 Å². The molecule has 4 heteroatoms. The smallest absolute Gasteiger partial charge is 0.223 e. The van der Waals surface area contributed by atoms with E-state index in [0.29, 0.717) is 18.4 Å². The van der Waals surface area contributed by atoms with Crippen LogP contribution in [0, 0.1) is 17.8 Å². The topological polar surface area (TPSA) is 41.6 Å². The van der Waals surface area contributed by atoms with Gasteiger partial charge in [-0.2, -0.15) is 0 Å². The Morgan fingerprint density at radius 2 is 2.26 bits per heavy atom. The fourth-order valence-corrected chi connectivity index (χ4v) is 4.28. The van der Waals surface area contributed by atoms with E-state index in [0.717, 1.165) is 37.9 Å². The summed E-state index contributed by atoms with van der Waals surface area (Å²) < 4.78 is 5.66. The van der Waals surface area contributed by atoms with Crippen LogP contribution in [0.5, 0.6) is 0 Å². The molecule has 1 saturated heterocycles. The molecule has 2 aliphatic carbocycles. The predicted molar refractivity (Wildman–Crippen MR) is 73.8 cm³/mol. The van der Waals surface area contributed by atoms with Gasteiger partial charge in [0, 0.05) is 26.1 Å². The minimum atomic E-state index is 0.169. The largest absolute Gasteiger partial charge is 0.373 e. The van der Waals surface area contributed by atoms with E-state index >= 15 is 0 Å². The van der Waals surface area contributed by atoms with Crippen molar-refractivity contribution in [1.82, 2.24) is 10.2 Å². The van der Waals surface area contributed by atoms with Gasteiger partial charge in [-0.05, 0) is 44.1 Å². The first kappa shape index (κ1) is 13.4. The first-order valence-corrected chi connectivity index (χ1v) is 7.80. The molecule has 19 heavy (non-hydrogen) atoms. The highest BCUT2D eigenvalue weighted by atomic mass is 16.5. The number of amides is 1. The van der Waals surface area contributed by atoms with E-state index < -0.39 is 0 Å². The van der Waals surface area contributed by atoms with Gasteiger partial charge in [-0.25, -0.2) is 0 Å². The summed E-state index contributed by atoms with van der Waals surface area (Å²) in [6.07, 6.45) is 6.44. The molecule has 4 unspecified atom stereocenters. The van der Waals surface area contributed by atoms with Crippen LogP contribution in [0.15, 0.2) is 0 Å². The minimum Gasteiger partial charge on any atom is -0.373 e. The Kier molecular flexibility index (Phi) is 4.08. The van der Waals surface area contributed by atoms with E-state index in [1.54, 1.807) is 0 Å². The van der Waals surface area contributed by atoms with Crippen molar-refractivity contribution in [3.05, 3.63) is 0 Å². The molecule has 0 aromatic rings. The number of hydrogen-bond acceptors (Lipinski definition) is 3. The highest BCUT2D eigenvalue weighted by molar-refractivity contribution is 5.76. The number of carbonyl (C=O) groups is 1. The van der Waals surface area contributed by atoms with E-state index in [-0.39, 0.29) is 6.10 Å². The fraction of sp³-hybridized carbons (Fsp3) is 0.933. The highest BCUT2D eigenvalue weighted by Gasteiger charge is 2.40. The summed E-state index contributed by atoms with van der Waals surface area (Å²) >= 11 is 0. The van der Waals surface area contributed by atoms with E-state index in [1.165, 1.54) is 25.7 Å². The van der Waals surface area contributed by atoms with E-state index in [9.17, 15) is 4.79 Å². The molecule has 0 spiro atoms. The molecule has 0 aromatic carbocycles. The van der Waals surface area contributed by atoms with Gasteiger partial charge in [-0.3, -0.25) is 4.79 Å². The summed E-state index contributed by atoms with van der Waals surface area (Å²) in [6, 6.07) is 0. The highest BCUT2D eigenvalue weighted by Crippen LogP contribution is 2.49. The Morgan fingerprint density at radius 1 is 1.37 bits per heavy atom. The third kappa shape index (κ3) is 2.95. The van der Waals surface area contributed by atoms with Crippen molar-refractivity contribution in [3.8, 4) is 0 Å². The second-order valence-corrected chi connectivity index (χ2v) is 6.53. The quantitative estimate of drug-likeness (QED) is 0.833. The van der Waals surface area contributed by atoms with Crippen molar-refractivity contribution in [2.45, 2.75) is 38.2 Å². The van der Waals surface area contributed by atoms with Crippen LogP contribution in [-0.4, -0.2) is 50.2 Å². The summed E-state index contributed by atoms with van der Waals surface area (Å²) in [7, 11) is 1.93. The number of morpholine rings is 1. The zero-order valence-corrected chi connectivity index (χ0v) is 11.9. The van der Waals surface area contributed by atoms with Crippen LogP contribution in [-0.2, 0) is 9.53 Å².